The first-order chi connectivity index (χ1) is 4.24. The monoisotopic (exact) mass is 318 g/mol. The molecule has 1 aromatic rings. The van der Waals surface area contributed by atoms with Crippen LogP contribution in [0.15, 0.2) is 9.85 Å². The van der Waals surface area contributed by atoms with Crippen molar-refractivity contribution in [2.75, 3.05) is 0 Å². The fourth-order valence-electron chi connectivity index (χ4n) is 0.589. The van der Waals surface area contributed by atoms with Gasteiger partial charge in [-0.3, -0.25) is 0 Å². The van der Waals surface area contributed by atoms with E-state index < -0.39 is 15.2 Å². The van der Waals surface area contributed by atoms with Crippen LogP contribution in [-0.4, -0.2) is 0 Å². The molecule has 0 aromatic carbocycles. The van der Waals surface area contributed by atoms with E-state index in [4.69, 9.17) is 0 Å². The van der Waals surface area contributed by atoms with E-state index in [0.717, 1.165) is 0 Å². The van der Waals surface area contributed by atoms with E-state index in [1.807, 2.05) is 11.3 Å². The standard InChI is InChI=1S/C5H4BrS.BrH.Zn/c1-4-2-3-7-5(4)6;;/h2H,1H3;1H;/q;;+1/p-1. The second kappa shape index (κ2) is 3.61. The predicted molar refractivity (Wildman–Crippen MR) is 45.3 cm³/mol. The maximum absolute atomic E-state index is 3.58. The van der Waals surface area contributed by atoms with Gasteiger partial charge in [0.2, 0.25) is 0 Å². The number of halogens is 2. The molecule has 9 heavy (non-hydrogen) atoms. The Hall–Kier alpha value is 1.28. The number of hydrogen-bond donors (Lipinski definition) is 0. The Morgan fingerprint density at radius 3 is 2.56 bits per heavy atom. The Bertz CT molecular complexity index is 189. The molecule has 0 aliphatic carbocycles. The van der Waals surface area contributed by atoms with Gasteiger partial charge in [-0.15, -0.1) is 0 Å². The predicted octanol–water partition coefficient (Wildman–Crippen LogP) is 2.84. The molecule has 0 N–H and O–H groups in total. The fourth-order valence-corrected chi connectivity index (χ4v) is 8.08. The van der Waals surface area contributed by atoms with Crippen molar-refractivity contribution in [3.05, 3.63) is 15.4 Å². The molecule has 1 aromatic heterocycles. The molecule has 0 amide bonds. The van der Waals surface area contributed by atoms with Gasteiger partial charge >= 0.3 is 81.9 Å². The van der Waals surface area contributed by atoms with Crippen molar-refractivity contribution in [1.82, 2.24) is 0 Å². The van der Waals surface area contributed by atoms with Crippen LogP contribution in [0.4, 0.5) is 0 Å². The third-order valence-corrected chi connectivity index (χ3v) is 10.7. The van der Waals surface area contributed by atoms with Crippen molar-refractivity contribution < 1.29 is 15.2 Å². The van der Waals surface area contributed by atoms with Crippen LogP contribution < -0.4 is 3.47 Å². The fraction of sp³-hybridized carbons (Fsp3) is 0.200. The molecule has 1 rings (SSSR count). The number of aryl methyl sites for hydroxylation is 1. The average Bonchev–Trinajstić information content (AvgIpc) is 2.13. The average molecular weight is 321 g/mol. The number of thiophene rings is 1. The van der Waals surface area contributed by atoms with E-state index in [1.54, 1.807) is 3.47 Å². The summed E-state index contributed by atoms with van der Waals surface area (Å²) in [6.07, 6.45) is 0. The molecule has 0 nitrogen and oxygen atoms in total. The van der Waals surface area contributed by atoms with Crippen molar-refractivity contribution in [3.8, 4) is 0 Å². The summed E-state index contributed by atoms with van der Waals surface area (Å²) in [7, 11) is 0. The molecule has 0 saturated heterocycles. The second-order valence-electron chi connectivity index (χ2n) is 1.80. The van der Waals surface area contributed by atoms with Crippen LogP contribution in [0.25, 0.3) is 0 Å². The molecule has 0 unspecified atom stereocenters. The van der Waals surface area contributed by atoms with Crippen LogP contribution in [0.3, 0.4) is 0 Å². The molecule has 0 aliphatic heterocycles. The summed E-state index contributed by atoms with van der Waals surface area (Å²) in [5, 5.41) is 0. The van der Waals surface area contributed by atoms with E-state index in [2.05, 4.69) is 42.5 Å². The van der Waals surface area contributed by atoms with Gasteiger partial charge in [0.1, 0.15) is 0 Å². The van der Waals surface area contributed by atoms with E-state index >= 15 is 0 Å². The van der Waals surface area contributed by atoms with Gasteiger partial charge in [-0.25, -0.2) is 0 Å². The SMILES string of the molecule is Cc1c[c]([Zn][Br])sc1Br. The van der Waals surface area contributed by atoms with Gasteiger partial charge in [-0.2, -0.15) is 0 Å². The first-order valence-corrected chi connectivity index (χ1v) is 12.6. The molecule has 0 radical (unpaired) electrons. The Morgan fingerprint density at radius 2 is 2.33 bits per heavy atom. The van der Waals surface area contributed by atoms with Gasteiger partial charge in [-0.1, -0.05) is 0 Å². The summed E-state index contributed by atoms with van der Waals surface area (Å²) in [5.74, 6) is 0. The van der Waals surface area contributed by atoms with Gasteiger partial charge in [0, 0.05) is 0 Å². The Balaban J connectivity index is 2.98. The molecule has 0 spiro atoms. The molecular formula is C5H4Br2SZn. The summed E-state index contributed by atoms with van der Waals surface area (Å²) < 4.78 is 2.86. The zero-order valence-corrected chi connectivity index (χ0v) is 11.9. The zero-order chi connectivity index (χ0) is 6.85. The molecule has 0 bridgehead atoms. The normalized spacial score (nSPS) is 9.22. The summed E-state index contributed by atoms with van der Waals surface area (Å²) in [5.41, 5.74) is 1.38. The van der Waals surface area contributed by atoms with Gasteiger partial charge < -0.3 is 0 Å². The number of hydrogen-bond acceptors (Lipinski definition) is 1. The van der Waals surface area contributed by atoms with Crippen molar-refractivity contribution in [3.63, 3.8) is 0 Å². The zero-order valence-electron chi connectivity index (χ0n) is 4.95. The van der Waals surface area contributed by atoms with Gasteiger partial charge in [0.25, 0.3) is 0 Å². The van der Waals surface area contributed by atoms with Crippen molar-refractivity contribution >= 4 is 44.4 Å². The van der Waals surface area contributed by atoms with Crippen LogP contribution in [-0.2, 0) is 15.2 Å². The topological polar surface area (TPSA) is 0 Å². The maximum atomic E-state index is 3.58. The summed E-state index contributed by atoms with van der Waals surface area (Å²) in [4.78, 5) is 0. The third-order valence-electron chi connectivity index (χ3n) is 1.04. The number of rotatable bonds is 1. The van der Waals surface area contributed by atoms with Gasteiger partial charge in [-0.05, 0) is 0 Å². The third kappa shape index (κ3) is 2.11. The minimum absolute atomic E-state index is 0.483. The Kier molecular flexibility index (Phi) is 3.36. The second-order valence-corrected chi connectivity index (χ2v) is 10.4. The van der Waals surface area contributed by atoms with Gasteiger partial charge in [0.15, 0.2) is 0 Å². The van der Waals surface area contributed by atoms with E-state index in [0.29, 0.717) is 0 Å². The summed E-state index contributed by atoms with van der Waals surface area (Å²) in [6.45, 7) is 2.13. The van der Waals surface area contributed by atoms with Crippen molar-refractivity contribution in [2.24, 2.45) is 0 Å². The molecule has 46 valence electrons. The van der Waals surface area contributed by atoms with Gasteiger partial charge in [0.05, 0.1) is 0 Å². The molecule has 0 atom stereocenters. The summed E-state index contributed by atoms with van der Waals surface area (Å²) in [6, 6.07) is 2.27. The molecule has 0 fully saturated rings. The molecule has 1 heterocycles. The first-order valence-electron chi connectivity index (χ1n) is 2.55. The first kappa shape index (κ1) is 8.38. The van der Waals surface area contributed by atoms with E-state index in [1.165, 1.54) is 9.35 Å². The van der Waals surface area contributed by atoms with E-state index in [9.17, 15) is 0 Å². The van der Waals surface area contributed by atoms with Crippen LogP contribution in [0, 0.1) is 6.92 Å². The molecule has 4 heteroatoms. The molecular weight excluding hydrogens is 317 g/mol. The van der Waals surface area contributed by atoms with Crippen LogP contribution in [0.1, 0.15) is 5.56 Å². The molecule has 0 aliphatic rings. The van der Waals surface area contributed by atoms with Crippen molar-refractivity contribution in [2.45, 2.75) is 6.92 Å². The quantitative estimate of drug-likeness (QED) is 0.698. The minimum atomic E-state index is -0.483. The summed E-state index contributed by atoms with van der Waals surface area (Å²) >= 11 is 8.45. The van der Waals surface area contributed by atoms with Crippen LogP contribution in [0.5, 0.6) is 0 Å². The Morgan fingerprint density at radius 1 is 1.67 bits per heavy atom. The van der Waals surface area contributed by atoms with Crippen LogP contribution >= 0.6 is 40.9 Å². The van der Waals surface area contributed by atoms with Crippen LogP contribution in [0.2, 0.25) is 0 Å². The Labute approximate surface area is 81.1 Å². The van der Waals surface area contributed by atoms with E-state index in [-0.39, 0.29) is 0 Å². The van der Waals surface area contributed by atoms with Crippen molar-refractivity contribution in [1.29, 1.82) is 0 Å². The molecule has 0 saturated carbocycles.